The lowest BCUT2D eigenvalue weighted by molar-refractivity contribution is 0.852. The minimum Gasteiger partial charge on any atom is -0.0952 e. The molecule has 2 bridgehead atoms. The molecule has 0 aromatic rings. The molecule has 1 unspecified atom stereocenters. The topological polar surface area (TPSA) is 0 Å². The van der Waals surface area contributed by atoms with Crippen LogP contribution in [0.3, 0.4) is 0 Å². The van der Waals surface area contributed by atoms with Gasteiger partial charge >= 0.3 is 0 Å². The van der Waals surface area contributed by atoms with Crippen molar-refractivity contribution in [3.63, 3.8) is 0 Å². The van der Waals surface area contributed by atoms with E-state index in [-0.39, 0.29) is 0 Å². The quantitative estimate of drug-likeness (QED) is 0.551. The summed E-state index contributed by atoms with van der Waals surface area (Å²) in [6, 6.07) is 0. The molecule has 0 fully saturated rings. The Bertz CT molecular complexity index is 422. The van der Waals surface area contributed by atoms with Crippen LogP contribution in [0, 0.1) is 5.92 Å². The van der Waals surface area contributed by atoms with Gasteiger partial charge in [-0.3, -0.25) is 0 Å². The summed E-state index contributed by atoms with van der Waals surface area (Å²) in [5.41, 5.74) is 2.75. The van der Waals surface area contributed by atoms with Crippen molar-refractivity contribution in [2.24, 2.45) is 5.92 Å². The van der Waals surface area contributed by atoms with Gasteiger partial charge in [0, 0.05) is 5.92 Å². The third kappa shape index (κ3) is 3.89. The molecule has 0 aliphatic heterocycles. The van der Waals surface area contributed by atoms with Crippen LogP contribution in [-0.4, -0.2) is 0 Å². The molecule has 0 radical (unpaired) electrons. The van der Waals surface area contributed by atoms with E-state index in [9.17, 15) is 0 Å². The fraction of sp³-hybridized carbons (Fsp3) is 0.222. The van der Waals surface area contributed by atoms with E-state index in [2.05, 4.69) is 73.4 Å². The Morgan fingerprint density at radius 2 is 1.44 bits per heavy atom. The molecular formula is C18H20. The van der Waals surface area contributed by atoms with Gasteiger partial charge in [-0.05, 0) is 30.4 Å². The van der Waals surface area contributed by atoms with Crippen molar-refractivity contribution in [1.29, 1.82) is 0 Å². The maximum atomic E-state index is 3.91. The minimum absolute atomic E-state index is 0.671. The lowest BCUT2D eigenvalue weighted by Gasteiger charge is -1.98. The van der Waals surface area contributed by atoms with Crippen LogP contribution in [0.2, 0.25) is 0 Å². The normalized spacial score (nSPS) is 23.9. The van der Waals surface area contributed by atoms with Crippen molar-refractivity contribution < 1.29 is 0 Å². The second-order valence-electron chi connectivity index (χ2n) is 4.65. The molecular weight excluding hydrogens is 216 g/mol. The van der Waals surface area contributed by atoms with Gasteiger partial charge in [-0.15, -0.1) is 0 Å². The Morgan fingerprint density at radius 1 is 0.889 bits per heavy atom. The van der Waals surface area contributed by atoms with Crippen LogP contribution in [-0.2, 0) is 0 Å². The Labute approximate surface area is 110 Å². The van der Waals surface area contributed by atoms with Crippen LogP contribution in [0.15, 0.2) is 84.6 Å². The highest BCUT2D eigenvalue weighted by atomic mass is 14.2. The highest BCUT2D eigenvalue weighted by Gasteiger charge is 2.20. The summed E-state index contributed by atoms with van der Waals surface area (Å²) in [5, 5.41) is 0. The first-order chi connectivity index (χ1) is 8.86. The first-order valence-corrected chi connectivity index (χ1v) is 6.57. The van der Waals surface area contributed by atoms with Gasteiger partial charge in [0.15, 0.2) is 0 Å². The monoisotopic (exact) mass is 236 g/mol. The summed E-state index contributed by atoms with van der Waals surface area (Å²) in [6.45, 7) is 3.91. The van der Waals surface area contributed by atoms with Crippen LogP contribution < -0.4 is 0 Å². The van der Waals surface area contributed by atoms with Gasteiger partial charge in [0.1, 0.15) is 0 Å². The molecule has 4 aliphatic carbocycles. The number of allylic oxidation sites excluding steroid dienone is 13. The Hall–Kier alpha value is -1.82. The van der Waals surface area contributed by atoms with Crippen LogP contribution in [0.4, 0.5) is 0 Å². The molecule has 4 rings (SSSR count). The zero-order chi connectivity index (χ0) is 12.6. The van der Waals surface area contributed by atoms with Gasteiger partial charge in [0.25, 0.3) is 0 Å². The third-order valence-electron chi connectivity index (χ3n) is 3.16. The molecule has 1 atom stereocenters. The maximum Gasteiger partial charge on any atom is 0.00558 e. The molecule has 4 aliphatic rings. The van der Waals surface area contributed by atoms with Gasteiger partial charge in [0.05, 0.1) is 0 Å². The Balaban J connectivity index is 0.000000106. The van der Waals surface area contributed by atoms with E-state index < -0.39 is 0 Å². The zero-order valence-corrected chi connectivity index (χ0v) is 10.8. The average Bonchev–Trinajstić information content (AvgIpc) is 3.17. The molecule has 0 saturated heterocycles. The molecule has 92 valence electrons. The molecule has 0 nitrogen and oxygen atoms in total. The molecule has 0 aromatic carbocycles. The Morgan fingerprint density at radius 3 is 1.61 bits per heavy atom. The highest BCUT2D eigenvalue weighted by Crippen LogP contribution is 2.36. The number of rotatable bonds is 0. The zero-order valence-electron chi connectivity index (χ0n) is 10.8. The van der Waals surface area contributed by atoms with Crippen LogP contribution in [0.5, 0.6) is 0 Å². The van der Waals surface area contributed by atoms with E-state index in [0.29, 0.717) is 5.92 Å². The predicted octanol–water partition coefficient (Wildman–Crippen LogP) is 5.06. The largest absolute Gasteiger partial charge is 0.0952 e. The third-order valence-corrected chi connectivity index (χ3v) is 3.16. The van der Waals surface area contributed by atoms with E-state index in [1.54, 1.807) is 0 Å². The van der Waals surface area contributed by atoms with Crippen molar-refractivity contribution in [3.8, 4) is 0 Å². The number of fused-ring (bicyclic) bond motifs is 2. The summed E-state index contributed by atoms with van der Waals surface area (Å²) in [5.74, 6) is 0.671. The second-order valence-corrected chi connectivity index (χ2v) is 4.65. The fourth-order valence-electron chi connectivity index (χ4n) is 2.12. The predicted molar refractivity (Wildman–Crippen MR) is 80.3 cm³/mol. The smallest absolute Gasteiger partial charge is 0.00558 e. The molecule has 0 heteroatoms. The summed E-state index contributed by atoms with van der Waals surface area (Å²) in [4.78, 5) is 0. The summed E-state index contributed by atoms with van der Waals surface area (Å²) >= 11 is 0. The average molecular weight is 236 g/mol. The van der Waals surface area contributed by atoms with Crippen LogP contribution >= 0.6 is 0 Å². The van der Waals surface area contributed by atoms with Crippen LogP contribution in [0.25, 0.3) is 0 Å². The standard InChI is InChI=1S/C8H8.2C5H6/c1-6-4-7-2-3-8(6)5-7;2*1-2-4-5-3-1/h2-4,8H,1,5H2;2*1-4H,5H2. The molecule has 0 heterocycles. The lowest BCUT2D eigenvalue weighted by atomic mass is 10.1. The molecule has 0 saturated carbocycles. The van der Waals surface area contributed by atoms with Gasteiger partial charge in [-0.1, -0.05) is 73.4 Å². The van der Waals surface area contributed by atoms with Gasteiger partial charge in [-0.25, -0.2) is 0 Å². The Kier molecular flexibility index (Phi) is 4.78. The van der Waals surface area contributed by atoms with Crippen molar-refractivity contribution >= 4 is 0 Å². The fourth-order valence-corrected chi connectivity index (χ4v) is 2.12. The maximum absolute atomic E-state index is 3.91. The second kappa shape index (κ2) is 6.80. The van der Waals surface area contributed by atoms with E-state index in [1.807, 2.05) is 0 Å². The summed E-state index contributed by atoms with van der Waals surface area (Å²) in [7, 11) is 0. The SMILES string of the molecule is C1=CCC=C1.C1=CCC=C1.C=C1C=C2C=CC1C2. The molecule has 0 N–H and O–H groups in total. The summed E-state index contributed by atoms with van der Waals surface area (Å²) in [6.07, 6.45) is 26.8. The van der Waals surface area contributed by atoms with Gasteiger partial charge in [0.2, 0.25) is 0 Å². The van der Waals surface area contributed by atoms with Crippen molar-refractivity contribution in [2.45, 2.75) is 19.3 Å². The first-order valence-electron chi connectivity index (χ1n) is 6.57. The van der Waals surface area contributed by atoms with Crippen molar-refractivity contribution in [2.75, 3.05) is 0 Å². The van der Waals surface area contributed by atoms with E-state index in [4.69, 9.17) is 0 Å². The van der Waals surface area contributed by atoms with E-state index >= 15 is 0 Å². The molecule has 0 aromatic heterocycles. The minimum atomic E-state index is 0.671. The van der Waals surface area contributed by atoms with Crippen molar-refractivity contribution in [3.05, 3.63) is 84.6 Å². The summed E-state index contributed by atoms with van der Waals surface area (Å²) < 4.78 is 0. The van der Waals surface area contributed by atoms with Crippen LogP contribution in [0.1, 0.15) is 19.3 Å². The van der Waals surface area contributed by atoms with Gasteiger partial charge in [-0.2, -0.15) is 0 Å². The molecule has 0 spiro atoms. The first kappa shape index (κ1) is 12.6. The molecule has 0 amide bonds. The van der Waals surface area contributed by atoms with Crippen molar-refractivity contribution in [1.82, 2.24) is 0 Å². The molecule has 18 heavy (non-hydrogen) atoms. The highest BCUT2D eigenvalue weighted by molar-refractivity contribution is 5.45. The van der Waals surface area contributed by atoms with E-state index in [1.165, 1.54) is 17.6 Å². The number of hydrogen-bond acceptors (Lipinski definition) is 0. The van der Waals surface area contributed by atoms with E-state index in [0.717, 1.165) is 12.8 Å². The number of hydrogen-bond donors (Lipinski definition) is 0. The lowest BCUT2D eigenvalue weighted by Crippen LogP contribution is -1.86. The van der Waals surface area contributed by atoms with Gasteiger partial charge < -0.3 is 0 Å².